The summed E-state index contributed by atoms with van der Waals surface area (Å²) in [7, 11) is 0. The lowest BCUT2D eigenvalue weighted by atomic mass is 10.0. The van der Waals surface area contributed by atoms with E-state index in [0.29, 0.717) is 6.29 Å². The number of furan rings is 1. The van der Waals surface area contributed by atoms with E-state index in [1.54, 1.807) is 0 Å². The second-order valence-corrected chi connectivity index (χ2v) is 3.51. The highest BCUT2D eigenvalue weighted by molar-refractivity contribution is 5.98. The molecule has 0 unspecified atom stereocenters. The van der Waals surface area contributed by atoms with E-state index in [1.165, 1.54) is 0 Å². The molecule has 1 aromatic heterocycles. The van der Waals surface area contributed by atoms with Gasteiger partial charge in [0, 0.05) is 16.5 Å². The molecule has 2 rings (SSSR count). The van der Waals surface area contributed by atoms with Crippen molar-refractivity contribution in [1.29, 1.82) is 0 Å². The number of benzene rings is 1. The van der Waals surface area contributed by atoms with Gasteiger partial charge in [-0.05, 0) is 12.1 Å². The minimum atomic E-state index is -4.44. The molecule has 2 aromatic rings. The zero-order valence-corrected chi connectivity index (χ0v) is 8.34. The molecule has 0 N–H and O–H groups in total. The van der Waals surface area contributed by atoms with Gasteiger partial charge in [-0.1, -0.05) is 0 Å². The first kappa shape index (κ1) is 11.6. The second-order valence-electron chi connectivity index (χ2n) is 3.51. The van der Waals surface area contributed by atoms with Crippen LogP contribution >= 0.6 is 0 Å². The SMILES string of the molecule is O=Cc1ccc(F)c2occ(CC(F)(F)F)c12. The molecule has 0 spiro atoms. The molecule has 0 bridgehead atoms. The molecule has 0 radical (unpaired) electrons. The van der Waals surface area contributed by atoms with E-state index in [4.69, 9.17) is 4.42 Å². The summed E-state index contributed by atoms with van der Waals surface area (Å²) in [5.74, 6) is -0.793. The van der Waals surface area contributed by atoms with E-state index in [9.17, 15) is 22.4 Å². The van der Waals surface area contributed by atoms with E-state index in [0.717, 1.165) is 18.4 Å². The normalized spacial score (nSPS) is 12.0. The number of rotatable bonds is 2. The summed E-state index contributed by atoms with van der Waals surface area (Å²) in [5, 5.41) is -0.114. The summed E-state index contributed by atoms with van der Waals surface area (Å²) >= 11 is 0. The van der Waals surface area contributed by atoms with Crippen molar-refractivity contribution in [1.82, 2.24) is 0 Å². The molecule has 1 heterocycles. The summed E-state index contributed by atoms with van der Waals surface area (Å²) < 4.78 is 54.8. The zero-order chi connectivity index (χ0) is 12.6. The van der Waals surface area contributed by atoms with Crippen LogP contribution in [0.15, 0.2) is 22.8 Å². The van der Waals surface area contributed by atoms with Gasteiger partial charge in [-0.15, -0.1) is 0 Å². The first-order valence-electron chi connectivity index (χ1n) is 4.63. The van der Waals surface area contributed by atoms with Gasteiger partial charge in [0.1, 0.15) is 0 Å². The van der Waals surface area contributed by atoms with Gasteiger partial charge in [-0.25, -0.2) is 4.39 Å². The van der Waals surface area contributed by atoms with E-state index in [1.807, 2.05) is 0 Å². The van der Waals surface area contributed by atoms with Crippen LogP contribution in [0.1, 0.15) is 15.9 Å². The molecule has 0 atom stereocenters. The molecule has 0 saturated heterocycles. The third kappa shape index (κ3) is 2.15. The third-order valence-corrected chi connectivity index (χ3v) is 2.30. The number of aldehydes is 1. The van der Waals surface area contributed by atoms with Gasteiger partial charge in [0.2, 0.25) is 0 Å². The molecular weight excluding hydrogens is 240 g/mol. The van der Waals surface area contributed by atoms with E-state index >= 15 is 0 Å². The third-order valence-electron chi connectivity index (χ3n) is 2.30. The maximum Gasteiger partial charge on any atom is 0.393 e. The maximum atomic E-state index is 13.3. The average molecular weight is 246 g/mol. The highest BCUT2D eigenvalue weighted by atomic mass is 19.4. The van der Waals surface area contributed by atoms with Gasteiger partial charge in [-0.3, -0.25) is 4.79 Å². The first-order valence-corrected chi connectivity index (χ1v) is 4.63. The fourth-order valence-electron chi connectivity index (χ4n) is 1.65. The Balaban J connectivity index is 2.65. The molecule has 0 aliphatic heterocycles. The fourth-order valence-corrected chi connectivity index (χ4v) is 1.65. The smallest absolute Gasteiger partial charge is 0.393 e. The Labute approximate surface area is 92.8 Å². The lowest BCUT2D eigenvalue weighted by Crippen LogP contribution is -2.11. The van der Waals surface area contributed by atoms with Gasteiger partial charge < -0.3 is 4.42 Å². The lowest BCUT2D eigenvalue weighted by Gasteiger charge is -2.04. The first-order chi connectivity index (χ1) is 7.92. The van der Waals surface area contributed by atoms with Crippen molar-refractivity contribution < 1.29 is 26.8 Å². The highest BCUT2D eigenvalue weighted by Gasteiger charge is 2.30. The number of carbonyl (C=O) groups excluding carboxylic acids is 1. The van der Waals surface area contributed by atoms with Crippen LogP contribution in [0.3, 0.4) is 0 Å². The van der Waals surface area contributed by atoms with Crippen molar-refractivity contribution in [2.45, 2.75) is 12.6 Å². The van der Waals surface area contributed by atoms with Crippen LogP contribution in [0.4, 0.5) is 17.6 Å². The second kappa shape index (κ2) is 3.87. The van der Waals surface area contributed by atoms with Crippen LogP contribution in [-0.2, 0) is 6.42 Å². The van der Waals surface area contributed by atoms with E-state index in [2.05, 4.69) is 0 Å². The van der Waals surface area contributed by atoms with Gasteiger partial charge in [0.05, 0.1) is 12.7 Å². The Morgan fingerprint density at radius 2 is 2.00 bits per heavy atom. The lowest BCUT2D eigenvalue weighted by molar-refractivity contribution is -0.127. The molecule has 6 heteroatoms. The van der Waals surface area contributed by atoms with Crippen LogP contribution in [0.5, 0.6) is 0 Å². The number of fused-ring (bicyclic) bond motifs is 1. The van der Waals surface area contributed by atoms with Crippen LogP contribution < -0.4 is 0 Å². The Kier molecular flexibility index (Phi) is 2.65. The average Bonchev–Trinajstić information content (AvgIpc) is 2.62. The van der Waals surface area contributed by atoms with Crippen LogP contribution in [0.25, 0.3) is 11.0 Å². The summed E-state index contributed by atoms with van der Waals surface area (Å²) in [5.41, 5.74) is -0.586. The van der Waals surface area contributed by atoms with Gasteiger partial charge >= 0.3 is 6.18 Å². The Bertz CT molecular complexity index is 569. The molecule has 0 fully saturated rings. The number of carbonyl (C=O) groups is 1. The van der Waals surface area contributed by atoms with Crippen molar-refractivity contribution in [2.24, 2.45) is 0 Å². The molecule has 0 aliphatic rings. The van der Waals surface area contributed by atoms with Crippen LogP contribution in [0.2, 0.25) is 0 Å². The largest absolute Gasteiger partial charge is 0.461 e. The predicted molar refractivity (Wildman–Crippen MR) is 51.3 cm³/mol. The Morgan fingerprint density at radius 3 is 2.59 bits per heavy atom. The van der Waals surface area contributed by atoms with Gasteiger partial charge in [0.15, 0.2) is 17.7 Å². The maximum absolute atomic E-state index is 13.3. The van der Waals surface area contributed by atoms with Crippen molar-refractivity contribution in [3.8, 4) is 0 Å². The number of hydrogen-bond donors (Lipinski definition) is 0. The van der Waals surface area contributed by atoms with Crippen LogP contribution in [0, 0.1) is 5.82 Å². The summed E-state index contributed by atoms with van der Waals surface area (Å²) in [6.45, 7) is 0. The van der Waals surface area contributed by atoms with Crippen LogP contribution in [-0.4, -0.2) is 12.5 Å². The molecule has 0 aliphatic carbocycles. The minimum Gasteiger partial charge on any atom is -0.461 e. The van der Waals surface area contributed by atoms with E-state index in [-0.39, 0.29) is 22.1 Å². The minimum absolute atomic E-state index is 0.0191. The highest BCUT2D eigenvalue weighted by Crippen LogP contribution is 2.31. The van der Waals surface area contributed by atoms with Crippen molar-refractivity contribution in [3.63, 3.8) is 0 Å². The molecule has 0 amide bonds. The topological polar surface area (TPSA) is 30.2 Å². The number of hydrogen-bond acceptors (Lipinski definition) is 2. The summed E-state index contributed by atoms with van der Waals surface area (Å²) in [6, 6.07) is 2.10. The van der Waals surface area contributed by atoms with Crippen molar-refractivity contribution >= 4 is 17.3 Å². The Morgan fingerprint density at radius 1 is 1.29 bits per heavy atom. The van der Waals surface area contributed by atoms with Gasteiger partial charge in [-0.2, -0.15) is 13.2 Å². The molecular formula is C11H6F4O2. The van der Waals surface area contributed by atoms with Gasteiger partial charge in [0.25, 0.3) is 0 Å². The predicted octanol–water partition coefficient (Wildman–Crippen LogP) is 3.49. The Hall–Kier alpha value is -1.85. The summed E-state index contributed by atoms with van der Waals surface area (Å²) in [6.07, 6.45) is -4.50. The van der Waals surface area contributed by atoms with Crippen molar-refractivity contribution in [3.05, 3.63) is 35.3 Å². The van der Waals surface area contributed by atoms with Crippen molar-refractivity contribution in [2.75, 3.05) is 0 Å². The number of alkyl halides is 3. The quantitative estimate of drug-likeness (QED) is 0.599. The summed E-state index contributed by atoms with van der Waals surface area (Å²) in [4.78, 5) is 10.7. The monoisotopic (exact) mass is 246 g/mol. The fraction of sp³-hybridized carbons (Fsp3) is 0.182. The molecule has 1 aromatic carbocycles. The van der Waals surface area contributed by atoms with E-state index < -0.39 is 18.4 Å². The molecule has 2 nitrogen and oxygen atoms in total. The molecule has 90 valence electrons. The molecule has 17 heavy (non-hydrogen) atoms. The standard InChI is InChI=1S/C11H6F4O2/c12-8-2-1-6(4-16)9-7(3-11(13,14)15)5-17-10(8)9/h1-2,4-5H,3H2. The number of halogens is 4. The molecule has 0 saturated carbocycles. The zero-order valence-electron chi connectivity index (χ0n) is 8.34.